The van der Waals surface area contributed by atoms with Crippen LogP contribution in [0.4, 0.5) is 0 Å². The van der Waals surface area contributed by atoms with Crippen LogP contribution in [-0.4, -0.2) is 10.7 Å². The van der Waals surface area contributed by atoms with E-state index in [-0.39, 0.29) is 0 Å². The molecule has 0 atom stereocenters. The topological polar surface area (TPSA) is 12.9 Å². The van der Waals surface area contributed by atoms with Gasteiger partial charge in [-0.2, -0.15) is 0 Å². The monoisotopic (exact) mass is 245 g/mol. The van der Waals surface area contributed by atoms with Gasteiger partial charge in [0.05, 0.1) is 0 Å². The van der Waals surface area contributed by atoms with Crippen LogP contribution in [0.15, 0.2) is 27.8 Å². The first-order valence-electron chi connectivity index (χ1n) is 4.07. The van der Waals surface area contributed by atoms with Crippen LogP contribution >= 0.6 is 27.7 Å². The van der Waals surface area contributed by atoms with E-state index in [1.165, 1.54) is 23.5 Å². The lowest BCUT2D eigenvalue weighted by Gasteiger charge is -1.98. The van der Waals surface area contributed by atoms with Gasteiger partial charge in [-0.25, -0.2) is 4.98 Å². The molecule has 3 heteroatoms. The Labute approximate surface area is 86.1 Å². The van der Waals surface area contributed by atoms with Crippen LogP contribution in [-0.2, 0) is 0 Å². The minimum Gasteiger partial charge on any atom is -0.248 e. The standard InChI is InChI=1S/C9H12BrNS/c1-2-3-6-12-8-4-5-9(10)11-7-8/h4-5,7H,2-3,6H2,1H3. The number of rotatable bonds is 4. The first-order chi connectivity index (χ1) is 5.83. The van der Waals surface area contributed by atoms with Crippen LogP contribution in [0.25, 0.3) is 0 Å². The molecule has 1 aromatic heterocycles. The highest BCUT2D eigenvalue weighted by molar-refractivity contribution is 9.10. The molecule has 66 valence electrons. The van der Waals surface area contributed by atoms with Crippen LogP contribution in [0, 0.1) is 0 Å². The zero-order chi connectivity index (χ0) is 8.81. The molecule has 0 N–H and O–H groups in total. The summed E-state index contributed by atoms with van der Waals surface area (Å²) in [5.74, 6) is 1.19. The van der Waals surface area contributed by atoms with Crippen LogP contribution in [0.5, 0.6) is 0 Å². The molecule has 0 aliphatic carbocycles. The van der Waals surface area contributed by atoms with E-state index in [0.29, 0.717) is 0 Å². The normalized spacial score (nSPS) is 10.2. The van der Waals surface area contributed by atoms with E-state index < -0.39 is 0 Å². The fourth-order valence-electron chi connectivity index (χ4n) is 0.782. The summed E-state index contributed by atoms with van der Waals surface area (Å²) in [6.07, 6.45) is 4.45. The maximum Gasteiger partial charge on any atom is 0.106 e. The summed E-state index contributed by atoms with van der Waals surface area (Å²) in [7, 11) is 0. The lowest BCUT2D eigenvalue weighted by Crippen LogP contribution is -1.80. The molecule has 0 aliphatic rings. The molecule has 0 radical (unpaired) electrons. The summed E-state index contributed by atoms with van der Waals surface area (Å²) in [6.45, 7) is 2.21. The van der Waals surface area contributed by atoms with Gasteiger partial charge in [-0.3, -0.25) is 0 Å². The van der Waals surface area contributed by atoms with Gasteiger partial charge in [0.25, 0.3) is 0 Å². The molecule has 0 amide bonds. The average Bonchev–Trinajstić information content (AvgIpc) is 2.09. The predicted molar refractivity (Wildman–Crippen MR) is 57.6 cm³/mol. The molecule has 1 rings (SSSR count). The Bertz CT molecular complexity index is 222. The molecule has 12 heavy (non-hydrogen) atoms. The Morgan fingerprint density at radius 1 is 1.50 bits per heavy atom. The Kier molecular flexibility index (Phi) is 4.69. The largest absolute Gasteiger partial charge is 0.248 e. The number of thioether (sulfide) groups is 1. The molecule has 0 unspecified atom stereocenters. The van der Waals surface area contributed by atoms with E-state index in [2.05, 4.69) is 33.9 Å². The molecule has 0 saturated heterocycles. The molecule has 0 saturated carbocycles. The maximum absolute atomic E-state index is 4.15. The molecular formula is C9H12BrNS. The molecule has 1 nitrogen and oxygen atoms in total. The van der Waals surface area contributed by atoms with E-state index in [1.54, 1.807) is 0 Å². The Morgan fingerprint density at radius 3 is 2.92 bits per heavy atom. The van der Waals surface area contributed by atoms with Crippen LogP contribution in [0.3, 0.4) is 0 Å². The predicted octanol–water partition coefficient (Wildman–Crippen LogP) is 3.74. The number of hydrogen-bond donors (Lipinski definition) is 0. The van der Waals surface area contributed by atoms with Crippen molar-refractivity contribution < 1.29 is 0 Å². The highest BCUT2D eigenvalue weighted by Gasteiger charge is 1.93. The SMILES string of the molecule is CCCCSc1ccc(Br)nc1. The lowest BCUT2D eigenvalue weighted by molar-refractivity contribution is 0.896. The summed E-state index contributed by atoms with van der Waals surface area (Å²) in [6, 6.07) is 4.08. The van der Waals surface area contributed by atoms with Crippen molar-refractivity contribution in [2.75, 3.05) is 5.75 Å². The van der Waals surface area contributed by atoms with Crippen molar-refractivity contribution in [3.63, 3.8) is 0 Å². The lowest BCUT2D eigenvalue weighted by atomic mass is 10.4. The van der Waals surface area contributed by atoms with Gasteiger partial charge in [0.15, 0.2) is 0 Å². The Balaban J connectivity index is 2.37. The van der Waals surface area contributed by atoms with Gasteiger partial charge in [-0.05, 0) is 40.2 Å². The first-order valence-corrected chi connectivity index (χ1v) is 5.85. The summed E-state index contributed by atoms with van der Waals surface area (Å²) < 4.78 is 0.905. The number of pyridine rings is 1. The molecule has 0 fully saturated rings. The number of unbranched alkanes of at least 4 members (excludes halogenated alkanes) is 1. The molecule has 0 aromatic carbocycles. The van der Waals surface area contributed by atoms with Gasteiger partial charge >= 0.3 is 0 Å². The fourth-order valence-corrected chi connectivity index (χ4v) is 1.98. The second-order valence-electron chi connectivity index (χ2n) is 2.52. The van der Waals surface area contributed by atoms with E-state index in [9.17, 15) is 0 Å². The third kappa shape index (κ3) is 3.59. The number of aromatic nitrogens is 1. The second-order valence-corrected chi connectivity index (χ2v) is 4.50. The Morgan fingerprint density at radius 2 is 2.33 bits per heavy atom. The van der Waals surface area contributed by atoms with Crippen molar-refractivity contribution in [1.82, 2.24) is 4.98 Å². The van der Waals surface area contributed by atoms with Gasteiger partial charge in [0.2, 0.25) is 0 Å². The molecule has 1 aromatic rings. The van der Waals surface area contributed by atoms with Crippen molar-refractivity contribution in [1.29, 1.82) is 0 Å². The summed E-state index contributed by atoms with van der Waals surface area (Å²) >= 11 is 5.18. The van der Waals surface area contributed by atoms with E-state index in [4.69, 9.17) is 0 Å². The van der Waals surface area contributed by atoms with Crippen molar-refractivity contribution >= 4 is 27.7 Å². The molecule has 0 bridgehead atoms. The molecule has 1 heterocycles. The molecular weight excluding hydrogens is 234 g/mol. The van der Waals surface area contributed by atoms with Gasteiger partial charge in [0.1, 0.15) is 4.60 Å². The first kappa shape index (κ1) is 10.1. The Hall–Kier alpha value is -0.0200. The van der Waals surface area contributed by atoms with Crippen molar-refractivity contribution in [3.05, 3.63) is 22.9 Å². The van der Waals surface area contributed by atoms with Gasteiger partial charge in [0, 0.05) is 11.1 Å². The van der Waals surface area contributed by atoms with Gasteiger partial charge < -0.3 is 0 Å². The van der Waals surface area contributed by atoms with E-state index in [1.807, 2.05) is 24.0 Å². The highest BCUT2D eigenvalue weighted by Crippen LogP contribution is 2.19. The highest BCUT2D eigenvalue weighted by atomic mass is 79.9. The summed E-state index contributed by atoms with van der Waals surface area (Å²) in [4.78, 5) is 5.41. The third-order valence-electron chi connectivity index (χ3n) is 1.47. The van der Waals surface area contributed by atoms with Crippen LogP contribution < -0.4 is 0 Å². The number of nitrogens with zero attached hydrogens (tertiary/aromatic N) is 1. The maximum atomic E-state index is 4.15. The molecule has 0 spiro atoms. The quantitative estimate of drug-likeness (QED) is 0.456. The zero-order valence-corrected chi connectivity index (χ0v) is 9.49. The minimum absolute atomic E-state index is 0.905. The van der Waals surface area contributed by atoms with E-state index >= 15 is 0 Å². The number of halogens is 1. The fraction of sp³-hybridized carbons (Fsp3) is 0.444. The average molecular weight is 246 g/mol. The van der Waals surface area contributed by atoms with Crippen molar-refractivity contribution in [2.24, 2.45) is 0 Å². The van der Waals surface area contributed by atoms with Gasteiger partial charge in [-0.15, -0.1) is 11.8 Å². The number of hydrogen-bond acceptors (Lipinski definition) is 2. The smallest absolute Gasteiger partial charge is 0.106 e. The molecule has 0 aliphatic heterocycles. The summed E-state index contributed by atoms with van der Waals surface area (Å²) in [5.41, 5.74) is 0. The van der Waals surface area contributed by atoms with E-state index in [0.717, 1.165) is 4.60 Å². The minimum atomic E-state index is 0.905. The van der Waals surface area contributed by atoms with Crippen molar-refractivity contribution in [3.8, 4) is 0 Å². The van der Waals surface area contributed by atoms with Gasteiger partial charge in [-0.1, -0.05) is 13.3 Å². The third-order valence-corrected chi connectivity index (χ3v) is 3.00. The zero-order valence-electron chi connectivity index (χ0n) is 7.09. The van der Waals surface area contributed by atoms with Crippen LogP contribution in [0.2, 0.25) is 0 Å². The second kappa shape index (κ2) is 5.60. The van der Waals surface area contributed by atoms with Crippen molar-refractivity contribution in [2.45, 2.75) is 24.7 Å². The van der Waals surface area contributed by atoms with Crippen LogP contribution in [0.1, 0.15) is 19.8 Å². The summed E-state index contributed by atoms with van der Waals surface area (Å²) in [5, 5.41) is 0.